The molecule has 2 unspecified atom stereocenters. The maximum absolute atomic E-state index is 12.8. The molecule has 1 aromatic rings. The number of carboxylic acids is 1. The number of benzene rings is 1. The van der Waals surface area contributed by atoms with Crippen molar-refractivity contribution in [2.45, 2.75) is 12.2 Å². The Morgan fingerprint density at radius 1 is 1.33 bits per heavy atom. The van der Waals surface area contributed by atoms with Crippen molar-refractivity contribution < 1.29 is 29.6 Å². The van der Waals surface area contributed by atoms with Gasteiger partial charge in [-0.05, 0) is 17.7 Å². The van der Waals surface area contributed by atoms with Crippen molar-refractivity contribution in [3.8, 4) is 5.75 Å². The summed E-state index contributed by atoms with van der Waals surface area (Å²) < 4.78 is 12.8. The third kappa shape index (κ3) is 2.42. The fraction of sp³-hybridized carbons (Fsp3) is 0.222. The molecule has 6 heteroatoms. The van der Waals surface area contributed by atoms with Crippen LogP contribution in [0.1, 0.15) is 11.7 Å². The van der Waals surface area contributed by atoms with Gasteiger partial charge in [-0.15, -0.1) is 0 Å². The van der Waals surface area contributed by atoms with Gasteiger partial charge in [-0.1, -0.05) is 6.07 Å². The van der Waals surface area contributed by atoms with E-state index in [4.69, 9.17) is 15.3 Å². The van der Waals surface area contributed by atoms with Crippen LogP contribution in [0.15, 0.2) is 18.2 Å². The molecule has 15 heavy (non-hydrogen) atoms. The van der Waals surface area contributed by atoms with E-state index in [-0.39, 0.29) is 5.56 Å². The molecule has 0 saturated heterocycles. The highest BCUT2D eigenvalue weighted by atomic mass is 19.1. The number of hydrogen-bond donors (Lipinski definition) is 4. The number of hydrogen-bond acceptors (Lipinski definition) is 4. The maximum atomic E-state index is 12.8. The summed E-state index contributed by atoms with van der Waals surface area (Å²) in [5.41, 5.74) is -0.125. The average molecular weight is 216 g/mol. The number of aromatic hydroxyl groups is 1. The van der Waals surface area contributed by atoms with Crippen molar-refractivity contribution in [3.63, 3.8) is 0 Å². The maximum Gasteiger partial charge on any atom is 0.335 e. The molecule has 0 aliphatic heterocycles. The molecule has 2 atom stereocenters. The van der Waals surface area contributed by atoms with Crippen molar-refractivity contribution in [1.82, 2.24) is 0 Å². The Morgan fingerprint density at radius 2 is 1.93 bits per heavy atom. The molecule has 0 heterocycles. The van der Waals surface area contributed by atoms with Gasteiger partial charge < -0.3 is 20.4 Å². The molecule has 1 rings (SSSR count). The normalized spacial score (nSPS) is 14.6. The van der Waals surface area contributed by atoms with Gasteiger partial charge in [-0.3, -0.25) is 0 Å². The first-order valence-electron chi connectivity index (χ1n) is 4.01. The molecule has 0 aromatic heterocycles. The van der Waals surface area contributed by atoms with E-state index in [0.717, 1.165) is 18.2 Å². The highest BCUT2D eigenvalue weighted by Gasteiger charge is 2.25. The molecule has 0 fully saturated rings. The topological polar surface area (TPSA) is 98.0 Å². The summed E-state index contributed by atoms with van der Waals surface area (Å²) in [5.74, 6) is -3.23. The van der Waals surface area contributed by atoms with Crippen LogP contribution in [0, 0.1) is 5.82 Å². The quantitative estimate of drug-likeness (QED) is 0.570. The zero-order valence-electron chi connectivity index (χ0n) is 7.46. The SMILES string of the molecule is O=C(O)C(O)C(O)c1ccc(O)c(F)c1. The smallest absolute Gasteiger partial charge is 0.335 e. The van der Waals surface area contributed by atoms with Crippen molar-refractivity contribution in [3.05, 3.63) is 29.6 Å². The number of aliphatic carboxylic acids is 1. The van der Waals surface area contributed by atoms with Crippen LogP contribution >= 0.6 is 0 Å². The number of carboxylic acid groups (broad SMARTS) is 1. The third-order valence-corrected chi connectivity index (χ3v) is 1.87. The minimum Gasteiger partial charge on any atom is -0.505 e. The fourth-order valence-corrected chi connectivity index (χ4v) is 1.02. The number of halogens is 1. The molecule has 0 saturated carbocycles. The second kappa shape index (κ2) is 4.24. The Labute approximate surface area is 84.0 Å². The molecule has 4 N–H and O–H groups in total. The van der Waals surface area contributed by atoms with Gasteiger partial charge in [0.15, 0.2) is 17.7 Å². The van der Waals surface area contributed by atoms with Gasteiger partial charge in [0.2, 0.25) is 0 Å². The highest BCUT2D eigenvalue weighted by Crippen LogP contribution is 2.22. The Hall–Kier alpha value is -1.66. The Kier molecular flexibility index (Phi) is 3.23. The Morgan fingerprint density at radius 3 is 2.40 bits per heavy atom. The summed E-state index contributed by atoms with van der Waals surface area (Å²) in [7, 11) is 0. The average Bonchev–Trinajstić information content (AvgIpc) is 2.19. The van der Waals surface area contributed by atoms with Gasteiger partial charge in [0, 0.05) is 0 Å². The standard InChI is InChI=1S/C9H9FO5/c10-5-3-4(1-2-6(5)11)7(12)8(13)9(14)15/h1-3,7-8,11-13H,(H,14,15). The van der Waals surface area contributed by atoms with E-state index in [1.807, 2.05) is 0 Å². The highest BCUT2D eigenvalue weighted by molar-refractivity contribution is 5.73. The molecule has 0 amide bonds. The van der Waals surface area contributed by atoms with Crippen molar-refractivity contribution >= 4 is 5.97 Å². The van der Waals surface area contributed by atoms with Crippen LogP contribution in [-0.4, -0.2) is 32.5 Å². The molecule has 0 aliphatic rings. The second-order valence-electron chi connectivity index (χ2n) is 2.94. The summed E-state index contributed by atoms with van der Waals surface area (Å²) in [6.07, 6.45) is -3.77. The molecular formula is C9H9FO5. The van der Waals surface area contributed by atoms with E-state index in [1.54, 1.807) is 0 Å². The van der Waals surface area contributed by atoms with E-state index in [9.17, 15) is 14.3 Å². The van der Waals surface area contributed by atoms with Crippen molar-refractivity contribution in [2.75, 3.05) is 0 Å². The Bertz CT molecular complexity index is 379. The third-order valence-electron chi connectivity index (χ3n) is 1.87. The van der Waals surface area contributed by atoms with Crippen LogP contribution in [-0.2, 0) is 4.79 Å². The molecule has 1 aromatic carbocycles. The molecule has 0 bridgehead atoms. The van der Waals surface area contributed by atoms with Gasteiger partial charge in [-0.2, -0.15) is 0 Å². The van der Waals surface area contributed by atoms with E-state index in [1.165, 1.54) is 0 Å². The lowest BCUT2D eigenvalue weighted by Crippen LogP contribution is -2.27. The molecule has 5 nitrogen and oxygen atoms in total. The first-order valence-corrected chi connectivity index (χ1v) is 4.01. The molecule has 0 spiro atoms. The largest absolute Gasteiger partial charge is 0.505 e. The summed E-state index contributed by atoms with van der Waals surface area (Å²) >= 11 is 0. The summed E-state index contributed by atoms with van der Waals surface area (Å²) in [6.45, 7) is 0. The minimum atomic E-state index is -2.03. The molecule has 0 aliphatic carbocycles. The van der Waals surface area contributed by atoms with E-state index >= 15 is 0 Å². The number of phenolic OH excluding ortho intramolecular Hbond substituents is 1. The summed E-state index contributed by atoms with van der Waals surface area (Å²) in [5, 5.41) is 35.5. The van der Waals surface area contributed by atoms with E-state index in [0.29, 0.717) is 0 Å². The van der Waals surface area contributed by atoms with Crippen molar-refractivity contribution in [1.29, 1.82) is 0 Å². The van der Waals surface area contributed by atoms with Gasteiger partial charge in [0.25, 0.3) is 0 Å². The number of phenols is 1. The van der Waals surface area contributed by atoms with Gasteiger partial charge >= 0.3 is 5.97 Å². The number of rotatable bonds is 3. The fourth-order valence-electron chi connectivity index (χ4n) is 1.02. The molecule has 82 valence electrons. The van der Waals surface area contributed by atoms with Crippen LogP contribution in [0.2, 0.25) is 0 Å². The monoisotopic (exact) mass is 216 g/mol. The van der Waals surface area contributed by atoms with Gasteiger partial charge in [0.1, 0.15) is 6.10 Å². The lowest BCUT2D eigenvalue weighted by atomic mass is 10.0. The summed E-state index contributed by atoms with van der Waals surface area (Å²) in [6, 6.07) is 2.84. The zero-order valence-corrected chi connectivity index (χ0v) is 7.46. The van der Waals surface area contributed by atoms with Crippen LogP contribution in [0.5, 0.6) is 5.75 Å². The van der Waals surface area contributed by atoms with Crippen LogP contribution in [0.25, 0.3) is 0 Å². The van der Waals surface area contributed by atoms with Crippen molar-refractivity contribution in [2.24, 2.45) is 0 Å². The lowest BCUT2D eigenvalue weighted by molar-refractivity contribution is -0.153. The van der Waals surface area contributed by atoms with Crippen LogP contribution < -0.4 is 0 Å². The first kappa shape index (κ1) is 11.4. The zero-order chi connectivity index (χ0) is 11.6. The predicted octanol–water partition coefficient (Wildman–Crippen LogP) is 0.0102. The van der Waals surface area contributed by atoms with E-state index in [2.05, 4.69) is 0 Å². The Balaban J connectivity index is 2.96. The van der Waals surface area contributed by atoms with Crippen LogP contribution in [0.3, 0.4) is 0 Å². The van der Waals surface area contributed by atoms with Gasteiger partial charge in [-0.25, -0.2) is 9.18 Å². The number of carbonyl (C=O) groups is 1. The lowest BCUT2D eigenvalue weighted by Gasteiger charge is -2.14. The van der Waals surface area contributed by atoms with Gasteiger partial charge in [0.05, 0.1) is 0 Å². The minimum absolute atomic E-state index is 0.125. The number of aliphatic hydroxyl groups excluding tert-OH is 2. The summed E-state index contributed by atoms with van der Waals surface area (Å²) in [4.78, 5) is 10.3. The van der Waals surface area contributed by atoms with Crippen LogP contribution in [0.4, 0.5) is 4.39 Å². The van der Waals surface area contributed by atoms with E-state index < -0.39 is 29.7 Å². The first-order chi connectivity index (χ1) is 6.93. The second-order valence-corrected chi connectivity index (χ2v) is 2.94. The molecular weight excluding hydrogens is 207 g/mol. The number of aliphatic hydroxyl groups is 2. The predicted molar refractivity (Wildman–Crippen MR) is 46.7 cm³/mol. The molecule has 0 radical (unpaired) electrons.